The Hall–Kier alpha value is -2.15. The molecule has 1 N–H and O–H groups in total. The van der Waals surface area contributed by atoms with E-state index in [1.54, 1.807) is 13.0 Å². The van der Waals surface area contributed by atoms with Gasteiger partial charge in [0.25, 0.3) is 0 Å². The van der Waals surface area contributed by atoms with Crippen LogP contribution in [0.4, 0.5) is 5.00 Å². The molecule has 0 bridgehead atoms. The molecular formula is C14H16N2O4S. The van der Waals surface area contributed by atoms with Crippen LogP contribution in [0.25, 0.3) is 0 Å². The fourth-order valence-electron chi connectivity index (χ4n) is 1.81. The first-order valence-corrected chi connectivity index (χ1v) is 7.17. The van der Waals surface area contributed by atoms with Crippen molar-refractivity contribution in [2.24, 2.45) is 0 Å². The summed E-state index contributed by atoms with van der Waals surface area (Å²) in [5, 5.41) is 6.90. The molecule has 0 aromatic carbocycles. The lowest BCUT2D eigenvalue weighted by atomic mass is 10.1. The number of carbonyl (C=O) groups is 2. The molecule has 0 atom stereocenters. The lowest BCUT2D eigenvalue weighted by molar-refractivity contribution is -0.114. The van der Waals surface area contributed by atoms with Gasteiger partial charge in [0.1, 0.15) is 5.00 Å². The molecular weight excluding hydrogens is 292 g/mol. The number of aryl methyl sites for hydroxylation is 2. The topological polar surface area (TPSA) is 81.4 Å². The lowest BCUT2D eigenvalue weighted by Crippen LogP contribution is -2.11. The van der Waals surface area contributed by atoms with Crippen molar-refractivity contribution < 1.29 is 18.8 Å². The molecule has 2 aromatic heterocycles. The van der Waals surface area contributed by atoms with Crippen LogP contribution in [0.3, 0.4) is 0 Å². The largest absolute Gasteiger partial charge is 0.454 e. The molecule has 0 saturated heterocycles. The molecule has 1 amide bonds. The summed E-state index contributed by atoms with van der Waals surface area (Å²) in [4.78, 5) is 24.4. The number of rotatable bonds is 4. The van der Waals surface area contributed by atoms with Crippen LogP contribution < -0.4 is 5.32 Å². The zero-order chi connectivity index (χ0) is 15.6. The van der Waals surface area contributed by atoms with Crippen LogP contribution in [0.5, 0.6) is 0 Å². The van der Waals surface area contributed by atoms with Crippen LogP contribution in [0.15, 0.2) is 10.6 Å². The Morgan fingerprint density at radius 1 is 1.38 bits per heavy atom. The number of ether oxygens (including phenoxy) is 1. The Labute approximate surface area is 126 Å². The van der Waals surface area contributed by atoms with E-state index in [-0.39, 0.29) is 12.5 Å². The number of nitrogens with zero attached hydrogens (tertiary/aromatic N) is 1. The molecule has 0 aliphatic rings. The molecule has 0 radical (unpaired) electrons. The fourth-order valence-corrected chi connectivity index (χ4v) is 2.91. The van der Waals surface area contributed by atoms with E-state index in [2.05, 4.69) is 10.5 Å². The van der Waals surface area contributed by atoms with Gasteiger partial charge in [0, 0.05) is 17.9 Å². The molecule has 2 rings (SSSR count). The smallest absolute Gasteiger partial charge is 0.341 e. The molecule has 21 heavy (non-hydrogen) atoms. The van der Waals surface area contributed by atoms with Crippen molar-refractivity contribution in [1.29, 1.82) is 0 Å². The summed E-state index contributed by atoms with van der Waals surface area (Å²) in [6.45, 7) is 6.91. The molecule has 6 nitrogen and oxygen atoms in total. The maximum Gasteiger partial charge on any atom is 0.341 e. The third-order valence-corrected chi connectivity index (χ3v) is 4.02. The Morgan fingerprint density at radius 3 is 2.67 bits per heavy atom. The summed E-state index contributed by atoms with van der Waals surface area (Å²) in [5.41, 5.74) is 1.92. The SMILES string of the molecule is CC(=O)Nc1sc(C)c(C)c1C(=O)OCc1cc(C)no1. The van der Waals surface area contributed by atoms with Crippen LogP contribution in [-0.2, 0) is 16.1 Å². The summed E-state index contributed by atoms with van der Waals surface area (Å²) in [6.07, 6.45) is 0. The summed E-state index contributed by atoms with van der Waals surface area (Å²) < 4.78 is 10.2. The normalized spacial score (nSPS) is 10.5. The zero-order valence-corrected chi connectivity index (χ0v) is 13.1. The van der Waals surface area contributed by atoms with E-state index in [4.69, 9.17) is 9.26 Å². The molecule has 0 aliphatic carbocycles. The van der Waals surface area contributed by atoms with Crippen molar-refractivity contribution >= 4 is 28.2 Å². The molecule has 2 aromatic rings. The first-order chi connectivity index (χ1) is 9.88. The zero-order valence-electron chi connectivity index (χ0n) is 12.3. The van der Waals surface area contributed by atoms with Gasteiger partial charge in [-0.05, 0) is 26.3 Å². The number of aromatic nitrogens is 1. The van der Waals surface area contributed by atoms with Crippen LogP contribution in [0.2, 0.25) is 0 Å². The van der Waals surface area contributed by atoms with Crippen molar-refractivity contribution in [3.8, 4) is 0 Å². The molecule has 0 saturated carbocycles. The molecule has 0 fully saturated rings. The van der Waals surface area contributed by atoms with Gasteiger partial charge in [0.05, 0.1) is 11.3 Å². The Bertz CT molecular complexity index is 687. The molecule has 112 valence electrons. The van der Waals surface area contributed by atoms with Crippen molar-refractivity contribution in [3.05, 3.63) is 33.5 Å². The number of anilines is 1. The Balaban J connectivity index is 2.16. The highest BCUT2D eigenvalue weighted by Crippen LogP contribution is 2.33. The van der Waals surface area contributed by atoms with Crippen molar-refractivity contribution in [3.63, 3.8) is 0 Å². The highest BCUT2D eigenvalue weighted by molar-refractivity contribution is 7.16. The maximum absolute atomic E-state index is 12.2. The van der Waals surface area contributed by atoms with Crippen LogP contribution in [0, 0.1) is 20.8 Å². The molecule has 7 heteroatoms. The second kappa shape index (κ2) is 6.09. The number of amides is 1. The van der Waals surface area contributed by atoms with E-state index in [1.165, 1.54) is 18.3 Å². The minimum Gasteiger partial charge on any atom is -0.454 e. The summed E-state index contributed by atoms with van der Waals surface area (Å²) in [6, 6.07) is 1.70. The van der Waals surface area contributed by atoms with Crippen LogP contribution in [0.1, 0.15) is 39.2 Å². The van der Waals surface area contributed by atoms with Gasteiger partial charge in [0.15, 0.2) is 12.4 Å². The quantitative estimate of drug-likeness (QED) is 0.878. The Morgan fingerprint density at radius 2 is 2.10 bits per heavy atom. The minimum atomic E-state index is -0.491. The minimum absolute atomic E-state index is 0.00746. The number of nitrogens with one attached hydrogen (secondary N) is 1. The number of hydrogen-bond acceptors (Lipinski definition) is 6. The van der Waals surface area contributed by atoms with E-state index < -0.39 is 5.97 Å². The molecule has 2 heterocycles. The summed E-state index contributed by atoms with van der Waals surface area (Å²) in [5.74, 6) is -0.239. The third-order valence-electron chi connectivity index (χ3n) is 2.90. The number of carbonyl (C=O) groups excluding carboxylic acids is 2. The van der Waals surface area contributed by atoms with Gasteiger partial charge in [-0.15, -0.1) is 11.3 Å². The highest BCUT2D eigenvalue weighted by atomic mass is 32.1. The van der Waals surface area contributed by atoms with Gasteiger partial charge in [-0.1, -0.05) is 5.16 Å². The first-order valence-electron chi connectivity index (χ1n) is 6.35. The van der Waals surface area contributed by atoms with Gasteiger partial charge in [-0.2, -0.15) is 0 Å². The average Bonchev–Trinajstić information content (AvgIpc) is 2.91. The molecule has 0 spiro atoms. The van der Waals surface area contributed by atoms with Gasteiger partial charge in [-0.3, -0.25) is 4.79 Å². The fraction of sp³-hybridized carbons (Fsp3) is 0.357. The highest BCUT2D eigenvalue weighted by Gasteiger charge is 2.22. The summed E-state index contributed by atoms with van der Waals surface area (Å²) >= 11 is 1.35. The maximum atomic E-state index is 12.2. The van der Waals surface area contributed by atoms with Gasteiger partial charge >= 0.3 is 5.97 Å². The van der Waals surface area contributed by atoms with E-state index >= 15 is 0 Å². The number of esters is 1. The second-order valence-electron chi connectivity index (χ2n) is 4.68. The van der Waals surface area contributed by atoms with Gasteiger partial charge < -0.3 is 14.6 Å². The van der Waals surface area contributed by atoms with Crippen molar-refractivity contribution in [2.45, 2.75) is 34.3 Å². The lowest BCUT2D eigenvalue weighted by Gasteiger charge is -2.05. The van der Waals surface area contributed by atoms with E-state index in [0.29, 0.717) is 16.3 Å². The summed E-state index contributed by atoms with van der Waals surface area (Å²) in [7, 11) is 0. The van der Waals surface area contributed by atoms with Crippen LogP contribution >= 0.6 is 11.3 Å². The monoisotopic (exact) mass is 308 g/mol. The van der Waals surface area contributed by atoms with Gasteiger partial charge in [0.2, 0.25) is 5.91 Å². The molecule has 0 unspecified atom stereocenters. The van der Waals surface area contributed by atoms with Crippen molar-refractivity contribution in [1.82, 2.24) is 5.16 Å². The van der Waals surface area contributed by atoms with Crippen molar-refractivity contribution in [2.75, 3.05) is 5.32 Å². The standard InChI is InChI=1S/C14H16N2O4S/c1-7-5-11(20-16-7)6-19-14(18)12-8(2)9(3)21-13(12)15-10(4)17/h5H,6H2,1-4H3,(H,15,17). The van der Waals surface area contributed by atoms with Gasteiger partial charge in [-0.25, -0.2) is 4.79 Å². The van der Waals surface area contributed by atoms with E-state index in [9.17, 15) is 9.59 Å². The second-order valence-corrected chi connectivity index (χ2v) is 5.90. The first kappa shape index (κ1) is 15.2. The predicted octanol–water partition coefficient (Wildman–Crippen LogP) is 2.98. The number of thiophene rings is 1. The van der Waals surface area contributed by atoms with Crippen LogP contribution in [-0.4, -0.2) is 17.0 Å². The average molecular weight is 308 g/mol. The third kappa shape index (κ3) is 3.49. The predicted molar refractivity (Wildman–Crippen MR) is 78.5 cm³/mol. The Kier molecular flexibility index (Phi) is 4.42. The molecule has 0 aliphatic heterocycles. The van der Waals surface area contributed by atoms with E-state index in [0.717, 1.165) is 16.1 Å². The number of hydrogen-bond donors (Lipinski definition) is 1. The van der Waals surface area contributed by atoms with E-state index in [1.807, 2.05) is 13.8 Å².